The van der Waals surface area contributed by atoms with E-state index in [4.69, 9.17) is 75.8 Å². The summed E-state index contributed by atoms with van der Waals surface area (Å²) < 4.78 is 115. The van der Waals surface area contributed by atoms with Gasteiger partial charge < -0.3 is 86.0 Å². The highest BCUT2D eigenvalue weighted by Crippen LogP contribution is 2.45. The lowest BCUT2D eigenvalue weighted by atomic mass is 9.89. The van der Waals surface area contributed by atoms with Crippen molar-refractivity contribution in [2.24, 2.45) is 0 Å². The van der Waals surface area contributed by atoms with E-state index in [1.807, 2.05) is 243 Å². The Bertz CT molecular complexity index is 4930. The molecule has 0 amide bonds. The van der Waals surface area contributed by atoms with Gasteiger partial charge in [-0.1, -0.05) is 307 Å². The lowest BCUT2D eigenvalue weighted by Crippen LogP contribution is -2.69. The summed E-state index contributed by atoms with van der Waals surface area (Å²) in [7, 11) is 0. The molecule has 18 heteroatoms. The van der Waals surface area contributed by atoms with Crippen molar-refractivity contribution in [2.75, 3.05) is 52.9 Å². The molecule has 3 aliphatic rings. The van der Waals surface area contributed by atoms with Crippen LogP contribution in [0, 0.1) is 0 Å². The van der Waals surface area contributed by atoms with E-state index in [2.05, 4.69) is 88.4 Å². The minimum atomic E-state index is -1.89. The number of para-hydroxylation sites is 2. The summed E-state index contributed by atoms with van der Waals surface area (Å²) in [6, 6.07) is 102. The van der Waals surface area contributed by atoms with E-state index in [1.165, 1.54) is 0 Å². The monoisotopic (exact) mass is 1760 g/mol. The fourth-order valence-corrected chi connectivity index (χ4v) is 17.4. The number of hydrogen-bond acceptors (Lipinski definition) is 18. The van der Waals surface area contributed by atoms with Gasteiger partial charge in [0.15, 0.2) is 0 Å². The summed E-state index contributed by atoms with van der Waals surface area (Å²) >= 11 is 0. The zero-order valence-corrected chi connectivity index (χ0v) is 75.3. The highest BCUT2D eigenvalue weighted by atomic mass is 16.8. The molecule has 1 aliphatic carbocycles. The van der Waals surface area contributed by atoms with Gasteiger partial charge in [-0.05, 0) is 150 Å². The first kappa shape index (κ1) is 93.9. The summed E-state index contributed by atoms with van der Waals surface area (Å²) in [6.07, 6.45) is -2.91. The normalized spacial score (nSPS) is 20.2. The van der Waals surface area contributed by atoms with E-state index in [9.17, 15) is 10.2 Å². The third-order valence-corrected chi connectivity index (χ3v) is 23.7. The van der Waals surface area contributed by atoms with E-state index < -0.39 is 73.6 Å². The van der Waals surface area contributed by atoms with Gasteiger partial charge in [0.05, 0.1) is 106 Å². The molecular weight excluding hydrogens is 1630 g/mol. The van der Waals surface area contributed by atoms with Crippen LogP contribution in [0.4, 0.5) is 0 Å². The first-order valence-corrected chi connectivity index (χ1v) is 46.1. The second-order valence-electron chi connectivity index (χ2n) is 33.7. The van der Waals surface area contributed by atoms with E-state index in [0.29, 0.717) is 52.1 Å². The molecular formula is C112H124O18. The standard InChI is InChI=1S/C112H124O18/c1-5-55-117-101-91-51-33-52-92(101)64-96-60-90(76-128-112(80-114)110(126-74-88-49-31-16-32-50-88)108(124-72-86-45-27-14-28-46-86)106(122-70-84-41-23-12-24-42-84)100(130-112)78-116-68-82-37-19-10-20-38-82)62-98(104(96)120-58-8-4)66-94-54-34-53-93(102(94)118-56-6-2)65-97-61-89(59-95(63-91)103(97)119-57-7-3)75-127-111(79-113)109(125-73-87-47-29-15-30-48-87)107(123-71-85-43-25-13-26-44-85)105(121-69-83-39-21-11-22-40-83)99(129-111)77-115-67-81-35-17-9-18-36-81/h9-54,59-62,99-100,105-110,113-114H,5-8,55-58,63-80H2,1-4H3/t99-,100-,105+,106+,107+,108+,109-,110-,111+,112+/m1/s1. The van der Waals surface area contributed by atoms with Crippen molar-refractivity contribution in [3.8, 4) is 23.0 Å². The maximum Gasteiger partial charge on any atom is 0.222 e. The molecule has 10 atom stereocenters. The Morgan fingerprint density at radius 2 is 0.485 bits per heavy atom. The molecule has 130 heavy (non-hydrogen) atoms. The quantitative estimate of drug-likeness (QED) is 0.0366. The molecule has 0 aromatic heterocycles. The van der Waals surface area contributed by atoms with Gasteiger partial charge in [0.25, 0.3) is 0 Å². The molecule has 2 heterocycles. The Balaban J connectivity index is 0.833. The Kier molecular flexibility index (Phi) is 35.0. The van der Waals surface area contributed by atoms with Crippen LogP contribution in [0.1, 0.15) is 154 Å². The number of ether oxygens (including phenoxy) is 16. The molecule has 0 radical (unpaired) electrons. The molecule has 0 spiro atoms. The Morgan fingerprint density at radius 1 is 0.254 bits per heavy atom. The van der Waals surface area contributed by atoms with Gasteiger partial charge in [-0.15, -0.1) is 0 Å². The number of aliphatic hydroxyl groups excluding tert-OH is 2. The van der Waals surface area contributed by atoms with Crippen LogP contribution in [0.3, 0.4) is 0 Å². The predicted molar refractivity (Wildman–Crippen MR) is 501 cm³/mol. The third kappa shape index (κ3) is 25.1. The highest BCUT2D eigenvalue weighted by molar-refractivity contribution is 5.58. The van der Waals surface area contributed by atoms with E-state index in [0.717, 1.165) is 149 Å². The van der Waals surface area contributed by atoms with Gasteiger partial charge in [-0.2, -0.15) is 0 Å². The summed E-state index contributed by atoms with van der Waals surface area (Å²) in [5.74, 6) is -0.825. The van der Waals surface area contributed by atoms with E-state index >= 15 is 0 Å². The minimum absolute atomic E-state index is 0.0462. The van der Waals surface area contributed by atoms with Crippen molar-refractivity contribution >= 4 is 0 Å². The van der Waals surface area contributed by atoms with E-state index in [-0.39, 0.29) is 79.3 Å². The number of benzene rings is 12. The fourth-order valence-electron chi connectivity index (χ4n) is 17.4. The van der Waals surface area contributed by atoms with Crippen LogP contribution in [0.5, 0.6) is 23.0 Å². The zero-order valence-electron chi connectivity index (χ0n) is 75.3. The topological polar surface area (TPSA) is 188 Å². The highest BCUT2D eigenvalue weighted by Gasteiger charge is 2.60. The van der Waals surface area contributed by atoms with Crippen LogP contribution in [0.2, 0.25) is 0 Å². The van der Waals surface area contributed by atoms with Crippen LogP contribution in [0.15, 0.2) is 303 Å². The second-order valence-corrected chi connectivity index (χ2v) is 33.7. The Morgan fingerprint density at radius 3 is 0.731 bits per heavy atom. The largest absolute Gasteiger partial charge is 0.493 e. The molecule has 12 aromatic carbocycles. The van der Waals surface area contributed by atoms with Gasteiger partial charge in [-0.3, -0.25) is 0 Å². The average Bonchev–Trinajstić information content (AvgIpc) is 0.756. The summed E-state index contributed by atoms with van der Waals surface area (Å²) in [5.41, 5.74) is 16.4. The number of fused-ring (bicyclic) bond motifs is 8. The van der Waals surface area contributed by atoms with Crippen molar-refractivity contribution in [2.45, 2.75) is 206 Å². The van der Waals surface area contributed by atoms with Crippen LogP contribution in [-0.2, 0) is 149 Å². The molecule has 680 valence electrons. The smallest absolute Gasteiger partial charge is 0.222 e. The molecule has 12 aromatic rings. The number of rotatable bonds is 46. The summed E-state index contributed by atoms with van der Waals surface area (Å²) in [6.45, 7) is 10.5. The molecule has 2 saturated heterocycles. The van der Waals surface area contributed by atoms with Gasteiger partial charge >= 0.3 is 0 Å². The third-order valence-electron chi connectivity index (χ3n) is 23.7. The van der Waals surface area contributed by atoms with E-state index in [1.54, 1.807) is 0 Å². The maximum absolute atomic E-state index is 12.6. The van der Waals surface area contributed by atoms with Crippen molar-refractivity contribution in [1.82, 2.24) is 0 Å². The first-order valence-electron chi connectivity index (χ1n) is 46.1. The summed E-state index contributed by atoms with van der Waals surface area (Å²) in [5, 5.41) is 25.1. The summed E-state index contributed by atoms with van der Waals surface area (Å²) in [4.78, 5) is 0. The van der Waals surface area contributed by atoms with Crippen molar-refractivity contribution in [3.05, 3.63) is 403 Å². The molecule has 0 saturated carbocycles. The maximum atomic E-state index is 12.6. The van der Waals surface area contributed by atoms with Gasteiger partial charge in [-0.25, -0.2) is 0 Å². The molecule has 18 nitrogen and oxygen atoms in total. The molecule has 15 rings (SSSR count). The first-order chi connectivity index (χ1) is 64.1. The molecule has 2 N–H and O–H groups in total. The lowest BCUT2D eigenvalue weighted by molar-refractivity contribution is -0.393. The zero-order chi connectivity index (χ0) is 89.4. The number of hydrogen-bond donors (Lipinski definition) is 2. The fraction of sp³-hybridized carbons (Fsp3) is 0.357. The van der Waals surface area contributed by atoms with Crippen LogP contribution in [0.25, 0.3) is 0 Å². The van der Waals surface area contributed by atoms with Crippen LogP contribution >= 0.6 is 0 Å². The number of aliphatic hydroxyl groups is 2. The van der Waals surface area contributed by atoms with Crippen LogP contribution in [-0.4, -0.2) is 123 Å². The molecule has 2 aliphatic heterocycles. The van der Waals surface area contributed by atoms with Crippen molar-refractivity contribution in [3.63, 3.8) is 0 Å². The molecule has 0 unspecified atom stereocenters. The molecule has 8 bridgehead atoms. The second kappa shape index (κ2) is 48.4. The van der Waals surface area contributed by atoms with Crippen LogP contribution < -0.4 is 18.9 Å². The minimum Gasteiger partial charge on any atom is -0.493 e. The Hall–Kier alpha value is -10.7. The lowest BCUT2D eigenvalue weighted by Gasteiger charge is -2.51. The molecule has 2 fully saturated rings. The van der Waals surface area contributed by atoms with Gasteiger partial charge in [0.2, 0.25) is 11.6 Å². The average molecular weight is 1760 g/mol. The predicted octanol–water partition coefficient (Wildman–Crippen LogP) is 20.7. The SMILES string of the molecule is CCCOc1c2cccc1Cc1cc(CO[C@@]3(CO)O[C@H](COCc4ccccc4)[C@H](OCc4ccccc4)[C@H](OCc4ccccc4)[C@H]3OCc3ccccc3)cc(c1OCCC)Cc1cccc(c1OCCC)Cc1cc(CO[C@@]3(CO)O[C@H](COCc4ccccc4)[C@H](OCc4ccccc4)[C@H](OCc4ccccc4)[C@H]3OCc3ccccc3)cc(c1OCCC)C2. The van der Waals surface area contributed by atoms with Crippen molar-refractivity contribution < 1.29 is 86.0 Å². The van der Waals surface area contributed by atoms with Gasteiger partial charge in [0.1, 0.15) is 85.0 Å². The van der Waals surface area contributed by atoms with Gasteiger partial charge in [0, 0.05) is 25.7 Å². The van der Waals surface area contributed by atoms with Crippen molar-refractivity contribution in [1.29, 1.82) is 0 Å². The Labute approximate surface area is 766 Å².